The van der Waals surface area contributed by atoms with Gasteiger partial charge in [0.15, 0.2) is 17.5 Å². The summed E-state index contributed by atoms with van der Waals surface area (Å²) in [4.78, 5) is 6.93. The second-order valence-electron chi connectivity index (χ2n) is 6.64. The Kier molecular flexibility index (Phi) is 8.54. The number of rotatable bonds is 8. The number of aliphatic imine (C=N–C) groups is 1. The smallest absolute Gasteiger partial charge is 0.191 e. The Morgan fingerprint density at radius 2 is 2.00 bits per heavy atom. The SMILES string of the molecule is CCC1CCCCN1CCNC(=NC)NCc1ccc(OC)c(OC)c1. The van der Waals surface area contributed by atoms with Crippen LogP contribution in [0.2, 0.25) is 0 Å². The van der Waals surface area contributed by atoms with E-state index in [1.165, 1.54) is 32.2 Å². The maximum absolute atomic E-state index is 5.36. The number of nitrogens with one attached hydrogen (secondary N) is 2. The number of nitrogens with zero attached hydrogens (tertiary/aromatic N) is 2. The van der Waals surface area contributed by atoms with E-state index in [4.69, 9.17) is 9.47 Å². The highest BCUT2D eigenvalue weighted by Crippen LogP contribution is 2.27. The number of guanidine groups is 1. The van der Waals surface area contributed by atoms with E-state index >= 15 is 0 Å². The van der Waals surface area contributed by atoms with Crippen LogP contribution in [0.25, 0.3) is 0 Å². The molecule has 1 heterocycles. The van der Waals surface area contributed by atoms with Gasteiger partial charge in [0.1, 0.15) is 0 Å². The largest absolute Gasteiger partial charge is 0.493 e. The van der Waals surface area contributed by atoms with E-state index in [0.717, 1.165) is 42.2 Å². The van der Waals surface area contributed by atoms with Crippen molar-refractivity contribution in [3.8, 4) is 11.5 Å². The van der Waals surface area contributed by atoms with E-state index in [1.807, 2.05) is 18.2 Å². The Hall–Kier alpha value is -1.95. The first-order valence-corrected chi connectivity index (χ1v) is 9.61. The van der Waals surface area contributed by atoms with Crippen LogP contribution in [0.1, 0.15) is 38.2 Å². The minimum atomic E-state index is 0.682. The molecule has 1 unspecified atom stereocenters. The molecule has 6 heteroatoms. The van der Waals surface area contributed by atoms with Gasteiger partial charge < -0.3 is 20.1 Å². The minimum absolute atomic E-state index is 0.682. The van der Waals surface area contributed by atoms with Gasteiger partial charge in [0.25, 0.3) is 0 Å². The van der Waals surface area contributed by atoms with Crippen molar-refractivity contribution in [2.45, 2.75) is 45.2 Å². The average molecular weight is 363 g/mol. The van der Waals surface area contributed by atoms with E-state index in [0.29, 0.717) is 6.54 Å². The molecule has 1 aliphatic rings. The first kappa shape index (κ1) is 20.4. The molecule has 6 nitrogen and oxygen atoms in total. The van der Waals surface area contributed by atoms with Crippen molar-refractivity contribution in [2.24, 2.45) is 4.99 Å². The quantitative estimate of drug-likeness (QED) is 0.550. The number of hydrogen-bond acceptors (Lipinski definition) is 4. The maximum Gasteiger partial charge on any atom is 0.191 e. The van der Waals surface area contributed by atoms with Crippen LogP contribution < -0.4 is 20.1 Å². The summed E-state index contributed by atoms with van der Waals surface area (Å²) in [7, 11) is 5.10. The van der Waals surface area contributed by atoms with Gasteiger partial charge in [-0.2, -0.15) is 0 Å². The molecule has 1 fully saturated rings. The third-order valence-electron chi connectivity index (χ3n) is 5.04. The first-order chi connectivity index (χ1) is 12.7. The lowest BCUT2D eigenvalue weighted by atomic mass is 10.0. The van der Waals surface area contributed by atoms with Crippen molar-refractivity contribution in [3.63, 3.8) is 0 Å². The van der Waals surface area contributed by atoms with Crippen molar-refractivity contribution >= 4 is 5.96 Å². The van der Waals surface area contributed by atoms with Crippen molar-refractivity contribution in [2.75, 3.05) is 40.9 Å². The van der Waals surface area contributed by atoms with Crippen LogP contribution in [0, 0.1) is 0 Å². The Morgan fingerprint density at radius 1 is 1.19 bits per heavy atom. The van der Waals surface area contributed by atoms with Crippen LogP contribution in [0.4, 0.5) is 0 Å². The fourth-order valence-corrected chi connectivity index (χ4v) is 3.53. The van der Waals surface area contributed by atoms with Crippen LogP contribution in [0.3, 0.4) is 0 Å². The zero-order chi connectivity index (χ0) is 18.8. The molecule has 1 saturated heterocycles. The van der Waals surface area contributed by atoms with Crippen molar-refractivity contribution in [1.29, 1.82) is 0 Å². The topological polar surface area (TPSA) is 58.1 Å². The predicted molar refractivity (Wildman–Crippen MR) is 107 cm³/mol. The zero-order valence-electron chi connectivity index (χ0n) is 16.7. The van der Waals surface area contributed by atoms with Crippen LogP contribution in [-0.4, -0.2) is 57.8 Å². The number of benzene rings is 1. The summed E-state index contributed by atoms with van der Waals surface area (Å²) in [5.74, 6) is 2.31. The molecule has 1 atom stereocenters. The van der Waals surface area contributed by atoms with E-state index in [1.54, 1.807) is 21.3 Å². The Labute approximate surface area is 158 Å². The fourth-order valence-electron chi connectivity index (χ4n) is 3.53. The molecule has 0 aliphatic carbocycles. The highest BCUT2D eigenvalue weighted by Gasteiger charge is 2.19. The summed E-state index contributed by atoms with van der Waals surface area (Å²) in [5.41, 5.74) is 1.12. The molecule has 1 aromatic rings. The van der Waals surface area contributed by atoms with E-state index < -0.39 is 0 Å². The van der Waals surface area contributed by atoms with Gasteiger partial charge in [-0.25, -0.2) is 0 Å². The molecule has 0 amide bonds. The highest BCUT2D eigenvalue weighted by molar-refractivity contribution is 5.79. The van der Waals surface area contributed by atoms with Crippen LogP contribution in [0.5, 0.6) is 11.5 Å². The normalized spacial score (nSPS) is 18.5. The Balaban J connectivity index is 1.79. The minimum Gasteiger partial charge on any atom is -0.493 e. The Morgan fingerprint density at radius 3 is 2.69 bits per heavy atom. The molecule has 2 rings (SSSR count). The van der Waals surface area contributed by atoms with E-state index in [2.05, 4.69) is 27.4 Å². The number of piperidine rings is 1. The molecule has 2 N–H and O–H groups in total. The van der Waals surface area contributed by atoms with E-state index in [-0.39, 0.29) is 0 Å². The van der Waals surface area contributed by atoms with Crippen LogP contribution in [-0.2, 0) is 6.54 Å². The third-order valence-corrected chi connectivity index (χ3v) is 5.04. The number of hydrogen-bond donors (Lipinski definition) is 2. The number of methoxy groups -OCH3 is 2. The summed E-state index contributed by atoms with van der Waals surface area (Å²) < 4.78 is 10.6. The van der Waals surface area contributed by atoms with Gasteiger partial charge in [0.2, 0.25) is 0 Å². The molecule has 0 spiro atoms. The monoisotopic (exact) mass is 362 g/mol. The van der Waals surface area contributed by atoms with Gasteiger partial charge in [-0.3, -0.25) is 9.89 Å². The molecule has 0 saturated carbocycles. The number of ether oxygens (including phenoxy) is 2. The molecule has 146 valence electrons. The summed E-state index contributed by atoms with van der Waals surface area (Å²) in [6.45, 7) is 6.16. The second kappa shape index (κ2) is 10.9. The molecule has 0 bridgehead atoms. The molecule has 1 aromatic carbocycles. The highest BCUT2D eigenvalue weighted by atomic mass is 16.5. The molecular weight excluding hydrogens is 328 g/mol. The fraction of sp³-hybridized carbons (Fsp3) is 0.650. The van der Waals surface area contributed by atoms with Gasteiger partial charge in [-0.1, -0.05) is 19.4 Å². The average Bonchev–Trinajstić information content (AvgIpc) is 2.70. The molecule has 1 aliphatic heterocycles. The van der Waals surface area contributed by atoms with Crippen molar-refractivity contribution in [1.82, 2.24) is 15.5 Å². The Bertz CT molecular complexity index is 577. The van der Waals surface area contributed by atoms with Gasteiger partial charge >= 0.3 is 0 Å². The molecule has 0 aromatic heterocycles. The van der Waals surface area contributed by atoms with Crippen molar-refractivity contribution in [3.05, 3.63) is 23.8 Å². The lowest BCUT2D eigenvalue weighted by Gasteiger charge is -2.35. The van der Waals surface area contributed by atoms with Gasteiger partial charge in [0, 0.05) is 32.7 Å². The first-order valence-electron chi connectivity index (χ1n) is 9.61. The maximum atomic E-state index is 5.36. The zero-order valence-corrected chi connectivity index (χ0v) is 16.7. The summed E-state index contributed by atoms with van der Waals surface area (Å²) in [6.07, 6.45) is 5.27. The van der Waals surface area contributed by atoms with Gasteiger partial charge in [0.05, 0.1) is 14.2 Å². The molecular formula is C20H34N4O2. The van der Waals surface area contributed by atoms with E-state index in [9.17, 15) is 0 Å². The van der Waals surface area contributed by atoms with Crippen molar-refractivity contribution < 1.29 is 9.47 Å². The lowest BCUT2D eigenvalue weighted by Crippen LogP contribution is -2.45. The lowest BCUT2D eigenvalue weighted by molar-refractivity contribution is 0.147. The summed E-state index contributed by atoms with van der Waals surface area (Å²) >= 11 is 0. The molecule has 0 radical (unpaired) electrons. The summed E-state index contributed by atoms with van der Waals surface area (Å²) in [5, 5.41) is 6.79. The van der Waals surface area contributed by atoms with Gasteiger partial charge in [-0.15, -0.1) is 0 Å². The second-order valence-corrected chi connectivity index (χ2v) is 6.64. The standard InChI is InChI=1S/C20H34N4O2/c1-5-17-8-6-7-12-24(17)13-11-22-20(21-2)23-15-16-9-10-18(25-3)19(14-16)26-4/h9-10,14,17H,5-8,11-13,15H2,1-4H3,(H2,21,22,23). The molecule has 26 heavy (non-hydrogen) atoms. The van der Waals surface area contributed by atoms with Crippen LogP contribution in [0.15, 0.2) is 23.2 Å². The third kappa shape index (κ3) is 5.80. The van der Waals surface area contributed by atoms with Gasteiger partial charge in [-0.05, 0) is 43.5 Å². The predicted octanol–water partition coefficient (Wildman–Crippen LogP) is 2.63. The summed E-state index contributed by atoms with van der Waals surface area (Å²) in [6, 6.07) is 6.68. The van der Waals surface area contributed by atoms with Crippen LogP contribution >= 0.6 is 0 Å². The number of likely N-dealkylation sites (tertiary alicyclic amines) is 1.